The van der Waals surface area contributed by atoms with Crippen LogP contribution >= 0.6 is 20.6 Å². The van der Waals surface area contributed by atoms with Crippen LogP contribution in [0.4, 0.5) is 5.95 Å². The summed E-state index contributed by atoms with van der Waals surface area (Å²) in [5, 5.41) is 6.65. The van der Waals surface area contributed by atoms with E-state index in [4.69, 9.17) is 4.98 Å². The van der Waals surface area contributed by atoms with Crippen molar-refractivity contribution in [3.8, 4) is 11.3 Å². The quantitative estimate of drug-likeness (QED) is 0.231. The zero-order chi connectivity index (χ0) is 24.5. The SMILES string of the molecule is CCP(CC)c1c(-c2ccnc(N(C)C(=O)CCC(=O)NCCCS)n2)ccc2ccccc12. The number of nitrogens with one attached hydrogen (secondary N) is 1. The molecule has 3 rings (SSSR count). The van der Waals surface area contributed by atoms with E-state index in [-0.39, 0.29) is 32.6 Å². The molecule has 0 aliphatic rings. The van der Waals surface area contributed by atoms with Crippen LogP contribution in [-0.4, -0.2) is 53.5 Å². The maximum absolute atomic E-state index is 12.7. The molecule has 1 aromatic heterocycles. The number of hydrogen-bond acceptors (Lipinski definition) is 5. The van der Waals surface area contributed by atoms with Crippen LogP contribution in [0.15, 0.2) is 48.7 Å². The lowest BCUT2D eigenvalue weighted by Gasteiger charge is -2.21. The third-order valence-corrected chi connectivity index (χ3v) is 8.75. The van der Waals surface area contributed by atoms with Crippen molar-refractivity contribution in [3.05, 3.63) is 48.7 Å². The third kappa shape index (κ3) is 6.34. The number of rotatable bonds is 11. The fourth-order valence-corrected chi connectivity index (χ4v) is 6.21. The van der Waals surface area contributed by atoms with Crippen molar-refractivity contribution in [1.82, 2.24) is 15.3 Å². The minimum atomic E-state index is -0.343. The van der Waals surface area contributed by atoms with Crippen molar-refractivity contribution in [2.45, 2.75) is 33.1 Å². The lowest BCUT2D eigenvalue weighted by Crippen LogP contribution is -2.31. The normalized spacial score (nSPS) is 11.1. The summed E-state index contributed by atoms with van der Waals surface area (Å²) in [6, 6.07) is 14.7. The summed E-state index contributed by atoms with van der Waals surface area (Å²) < 4.78 is 0. The van der Waals surface area contributed by atoms with Gasteiger partial charge in [-0.05, 0) is 46.6 Å². The average Bonchev–Trinajstić information content (AvgIpc) is 2.87. The first-order valence-electron chi connectivity index (χ1n) is 11.7. The van der Waals surface area contributed by atoms with Crippen LogP contribution in [0.25, 0.3) is 22.0 Å². The molecule has 3 aromatic rings. The molecule has 8 heteroatoms. The van der Waals surface area contributed by atoms with E-state index in [0.29, 0.717) is 18.2 Å². The second-order valence-electron chi connectivity index (χ2n) is 7.98. The Labute approximate surface area is 208 Å². The minimum Gasteiger partial charge on any atom is -0.356 e. The maximum Gasteiger partial charge on any atom is 0.232 e. The predicted octanol–water partition coefficient (Wildman–Crippen LogP) is 4.62. The van der Waals surface area contributed by atoms with Crippen LogP contribution in [0.2, 0.25) is 0 Å². The molecule has 6 nitrogen and oxygen atoms in total. The number of thiol groups is 1. The second-order valence-corrected chi connectivity index (χ2v) is 11.2. The molecule has 0 aliphatic carbocycles. The lowest BCUT2D eigenvalue weighted by atomic mass is 10.0. The summed E-state index contributed by atoms with van der Waals surface area (Å²) in [4.78, 5) is 35.2. The molecule has 0 spiro atoms. The first-order valence-corrected chi connectivity index (χ1v) is 14.1. The molecule has 0 radical (unpaired) electrons. The van der Waals surface area contributed by atoms with E-state index in [0.717, 1.165) is 30.0 Å². The smallest absolute Gasteiger partial charge is 0.232 e. The van der Waals surface area contributed by atoms with Crippen LogP contribution in [0.3, 0.4) is 0 Å². The van der Waals surface area contributed by atoms with Crippen molar-refractivity contribution in [2.75, 3.05) is 36.6 Å². The zero-order valence-electron chi connectivity index (χ0n) is 20.1. The van der Waals surface area contributed by atoms with E-state index in [9.17, 15) is 9.59 Å². The van der Waals surface area contributed by atoms with Crippen LogP contribution in [-0.2, 0) is 9.59 Å². The topological polar surface area (TPSA) is 75.2 Å². The lowest BCUT2D eigenvalue weighted by molar-refractivity contribution is -0.125. The molecule has 0 aliphatic heterocycles. The van der Waals surface area contributed by atoms with Crippen LogP contribution in [0.1, 0.15) is 33.1 Å². The number of carbonyl (C=O) groups excluding carboxylic acids is 2. The molecule has 0 saturated heterocycles. The molecular formula is C26H33N4O2PS. The Morgan fingerprint density at radius 3 is 2.56 bits per heavy atom. The summed E-state index contributed by atoms with van der Waals surface area (Å²) in [6.45, 7) is 5.06. The Balaban J connectivity index is 1.86. The highest BCUT2D eigenvalue weighted by Gasteiger charge is 2.20. The summed E-state index contributed by atoms with van der Waals surface area (Å²) in [5.41, 5.74) is 1.91. The average molecular weight is 497 g/mol. The largest absolute Gasteiger partial charge is 0.356 e. The van der Waals surface area contributed by atoms with Gasteiger partial charge in [-0.1, -0.05) is 58.2 Å². The molecule has 0 saturated carbocycles. The standard InChI is InChI=1S/C26H33N4O2PS/c1-4-33(5-2)25-20-10-7-6-9-19(20)11-12-21(25)22-15-17-28-26(29-22)30(3)24(32)14-13-23(31)27-16-8-18-34/h6-7,9-12,15,17,34H,4-5,8,13-14,16,18H2,1-3H3,(H,27,31). The van der Waals surface area contributed by atoms with Gasteiger partial charge in [-0.15, -0.1) is 0 Å². The number of aromatic nitrogens is 2. The molecule has 0 bridgehead atoms. The maximum atomic E-state index is 12.7. The van der Waals surface area contributed by atoms with Gasteiger partial charge in [-0.25, -0.2) is 9.97 Å². The fraction of sp³-hybridized carbons (Fsp3) is 0.385. The molecule has 2 aromatic carbocycles. The Morgan fingerprint density at radius 2 is 1.82 bits per heavy atom. The third-order valence-electron chi connectivity index (χ3n) is 5.80. The van der Waals surface area contributed by atoms with E-state index >= 15 is 0 Å². The number of fused-ring (bicyclic) bond motifs is 1. The monoisotopic (exact) mass is 496 g/mol. The Morgan fingerprint density at radius 1 is 1.06 bits per heavy atom. The molecule has 2 amide bonds. The van der Waals surface area contributed by atoms with Gasteiger partial charge in [-0.2, -0.15) is 12.6 Å². The molecule has 34 heavy (non-hydrogen) atoms. The Kier molecular flexibility index (Phi) is 9.85. The number of carbonyl (C=O) groups is 2. The van der Waals surface area contributed by atoms with E-state index in [2.05, 4.69) is 73.2 Å². The Bertz CT molecular complexity index is 1140. The molecule has 0 atom stereocenters. The van der Waals surface area contributed by atoms with Crippen molar-refractivity contribution >= 4 is 54.4 Å². The van der Waals surface area contributed by atoms with Gasteiger partial charge in [0.1, 0.15) is 0 Å². The van der Waals surface area contributed by atoms with E-state index in [1.807, 2.05) is 6.07 Å². The van der Waals surface area contributed by atoms with E-state index in [1.165, 1.54) is 21.0 Å². The van der Waals surface area contributed by atoms with Crippen molar-refractivity contribution < 1.29 is 9.59 Å². The van der Waals surface area contributed by atoms with E-state index < -0.39 is 0 Å². The highest BCUT2D eigenvalue weighted by molar-refractivity contribution is 7.80. The Hall–Kier alpha value is -2.50. The van der Waals surface area contributed by atoms with Crippen LogP contribution in [0.5, 0.6) is 0 Å². The number of amides is 2. The van der Waals surface area contributed by atoms with Gasteiger partial charge in [0.2, 0.25) is 17.8 Å². The van der Waals surface area contributed by atoms with Gasteiger partial charge < -0.3 is 5.32 Å². The van der Waals surface area contributed by atoms with Crippen molar-refractivity contribution in [2.24, 2.45) is 0 Å². The highest BCUT2D eigenvalue weighted by atomic mass is 32.1. The second kappa shape index (κ2) is 12.8. The van der Waals surface area contributed by atoms with Crippen molar-refractivity contribution in [3.63, 3.8) is 0 Å². The van der Waals surface area contributed by atoms with Gasteiger partial charge >= 0.3 is 0 Å². The number of hydrogen-bond donors (Lipinski definition) is 2. The van der Waals surface area contributed by atoms with Crippen LogP contribution < -0.4 is 15.5 Å². The summed E-state index contributed by atoms with van der Waals surface area (Å²) >= 11 is 4.13. The van der Waals surface area contributed by atoms with Gasteiger partial charge in [-0.3, -0.25) is 14.5 Å². The summed E-state index contributed by atoms with van der Waals surface area (Å²) in [7, 11) is 1.32. The first-order chi connectivity index (χ1) is 16.5. The summed E-state index contributed by atoms with van der Waals surface area (Å²) in [5.74, 6) is 0.734. The highest BCUT2D eigenvalue weighted by Crippen LogP contribution is 2.40. The molecule has 0 unspecified atom stereocenters. The van der Waals surface area contributed by atoms with E-state index in [1.54, 1.807) is 13.2 Å². The minimum absolute atomic E-state index is 0.106. The number of anilines is 1. The zero-order valence-corrected chi connectivity index (χ0v) is 21.9. The first kappa shape index (κ1) is 26.1. The molecular weight excluding hydrogens is 463 g/mol. The molecule has 180 valence electrons. The van der Waals surface area contributed by atoms with Gasteiger partial charge in [0, 0.05) is 38.2 Å². The predicted molar refractivity (Wildman–Crippen MR) is 147 cm³/mol. The van der Waals surface area contributed by atoms with Crippen LogP contribution in [0, 0.1) is 0 Å². The number of benzene rings is 2. The van der Waals surface area contributed by atoms with Gasteiger partial charge in [0.05, 0.1) is 5.69 Å². The molecule has 0 fully saturated rings. The van der Waals surface area contributed by atoms with Gasteiger partial charge in [0.25, 0.3) is 0 Å². The van der Waals surface area contributed by atoms with Crippen molar-refractivity contribution in [1.29, 1.82) is 0 Å². The molecule has 1 heterocycles. The number of nitrogens with zero attached hydrogens (tertiary/aromatic N) is 3. The molecule has 1 N–H and O–H groups in total. The fourth-order valence-electron chi connectivity index (χ4n) is 3.90. The summed E-state index contributed by atoms with van der Waals surface area (Å²) in [6.07, 6.45) is 4.94. The van der Waals surface area contributed by atoms with Gasteiger partial charge in [0.15, 0.2) is 0 Å².